The maximum absolute atomic E-state index is 13.4. The minimum atomic E-state index is -0.168. The van der Waals surface area contributed by atoms with Gasteiger partial charge in [-0.05, 0) is 31.0 Å². The van der Waals surface area contributed by atoms with Crippen molar-refractivity contribution in [3.05, 3.63) is 47.5 Å². The van der Waals surface area contributed by atoms with Crippen LogP contribution in [-0.4, -0.2) is 10.2 Å². The zero-order chi connectivity index (χ0) is 11.5. The van der Waals surface area contributed by atoms with Crippen LogP contribution in [0.15, 0.2) is 30.6 Å². The van der Waals surface area contributed by atoms with Crippen LogP contribution < -0.4 is 5.32 Å². The Kier molecular flexibility index (Phi) is 2.90. The first kappa shape index (κ1) is 10.7. The largest absolute Gasteiger partial charge is 0.376 e. The Hall–Kier alpha value is -1.84. The topological polar surface area (TPSA) is 40.7 Å². The lowest BCUT2D eigenvalue weighted by Crippen LogP contribution is -2.06. The molecular weight excluding hydrogens is 205 g/mol. The van der Waals surface area contributed by atoms with Crippen LogP contribution in [0.5, 0.6) is 0 Å². The van der Waals surface area contributed by atoms with Gasteiger partial charge in [0.25, 0.3) is 0 Å². The summed E-state index contributed by atoms with van der Waals surface area (Å²) < 4.78 is 13.4. The number of halogens is 1. The summed E-state index contributed by atoms with van der Waals surface area (Å²) >= 11 is 0. The van der Waals surface area contributed by atoms with E-state index in [1.807, 2.05) is 13.0 Å². The first-order valence-corrected chi connectivity index (χ1v) is 5.18. The summed E-state index contributed by atoms with van der Waals surface area (Å²) in [7, 11) is 0. The molecule has 4 heteroatoms. The van der Waals surface area contributed by atoms with Crippen molar-refractivity contribution >= 4 is 5.69 Å². The van der Waals surface area contributed by atoms with Gasteiger partial charge in [0.05, 0.1) is 11.9 Å². The molecule has 0 aliphatic heterocycles. The Labute approximate surface area is 93.7 Å². The molecule has 0 saturated carbocycles. The number of aryl methyl sites for hydroxylation is 1. The normalized spacial score (nSPS) is 12.4. The number of rotatable bonds is 3. The number of nitrogens with zero attached hydrogens (tertiary/aromatic N) is 1. The summed E-state index contributed by atoms with van der Waals surface area (Å²) in [5, 5.41) is 9.78. The van der Waals surface area contributed by atoms with Crippen LogP contribution in [0.25, 0.3) is 0 Å². The number of H-pyrrole nitrogens is 1. The molecule has 0 saturated heterocycles. The number of hydrogen-bond acceptors (Lipinski definition) is 2. The molecule has 1 atom stereocenters. The van der Waals surface area contributed by atoms with E-state index in [2.05, 4.69) is 15.5 Å². The lowest BCUT2D eigenvalue weighted by Gasteiger charge is -2.14. The standard InChI is InChI=1S/C12H14FN3/c1-8-3-4-10(5-12(8)13)9(2)16-11-6-14-15-7-11/h3-7,9,16H,1-2H3,(H,14,15). The van der Waals surface area contributed by atoms with E-state index < -0.39 is 0 Å². The van der Waals surface area contributed by atoms with E-state index in [-0.39, 0.29) is 11.9 Å². The molecule has 2 N–H and O–H groups in total. The van der Waals surface area contributed by atoms with Crippen molar-refractivity contribution < 1.29 is 4.39 Å². The molecule has 1 aromatic carbocycles. The SMILES string of the molecule is Cc1ccc(C(C)Nc2cn[nH]c2)cc1F. The van der Waals surface area contributed by atoms with Gasteiger partial charge in [0, 0.05) is 12.2 Å². The van der Waals surface area contributed by atoms with Gasteiger partial charge in [-0.1, -0.05) is 12.1 Å². The first-order chi connectivity index (χ1) is 7.66. The van der Waals surface area contributed by atoms with Crippen molar-refractivity contribution in [2.75, 3.05) is 5.32 Å². The molecule has 0 bridgehead atoms. The fourth-order valence-electron chi connectivity index (χ4n) is 1.54. The molecule has 0 aliphatic carbocycles. The van der Waals surface area contributed by atoms with Crippen molar-refractivity contribution in [3.63, 3.8) is 0 Å². The molecule has 1 aromatic heterocycles. The molecule has 3 nitrogen and oxygen atoms in total. The van der Waals surface area contributed by atoms with Gasteiger partial charge < -0.3 is 5.32 Å². The summed E-state index contributed by atoms with van der Waals surface area (Å²) in [6, 6.07) is 5.33. The van der Waals surface area contributed by atoms with Gasteiger partial charge in [0.15, 0.2) is 0 Å². The minimum Gasteiger partial charge on any atom is -0.376 e. The molecule has 1 unspecified atom stereocenters. The number of aromatic amines is 1. The third-order valence-corrected chi connectivity index (χ3v) is 2.58. The quantitative estimate of drug-likeness (QED) is 0.833. The molecule has 16 heavy (non-hydrogen) atoms. The molecule has 2 rings (SSSR count). The highest BCUT2D eigenvalue weighted by Crippen LogP contribution is 2.20. The number of nitrogens with one attached hydrogen (secondary N) is 2. The van der Waals surface area contributed by atoms with Crippen LogP contribution >= 0.6 is 0 Å². The fourth-order valence-corrected chi connectivity index (χ4v) is 1.54. The van der Waals surface area contributed by atoms with Gasteiger partial charge in [-0.15, -0.1) is 0 Å². The van der Waals surface area contributed by atoms with E-state index >= 15 is 0 Å². The molecule has 2 aromatic rings. The Morgan fingerprint density at radius 3 is 2.88 bits per heavy atom. The number of benzene rings is 1. The van der Waals surface area contributed by atoms with E-state index in [0.29, 0.717) is 5.56 Å². The predicted molar refractivity (Wildman–Crippen MR) is 61.8 cm³/mol. The van der Waals surface area contributed by atoms with Crippen LogP contribution in [0.1, 0.15) is 24.1 Å². The Bertz CT molecular complexity index is 465. The highest BCUT2D eigenvalue weighted by molar-refractivity contribution is 5.41. The zero-order valence-corrected chi connectivity index (χ0v) is 9.29. The van der Waals surface area contributed by atoms with Crippen molar-refractivity contribution in [3.8, 4) is 0 Å². The van der Waals surface area contributed by atoms with Gasteiger partial charge in [0.2, 0.25) is 0 Å². The molecule has 0 fully saturated rings. The third kappa shape index (κ3) is 2.21. The average Bonchev–Trinajstić information content (AvgIpc) is 2.74. The van der Waals surface area contributed by atoms with E-state index in [1.165, 1.54) is 0 Å². The van der Waals surface area contributed by atoms with Crippen LogP contribution in [0.3, 0.4) is 0 Å². The molecular formula is C12H14FN3. The van der Waals surface area contributed by atoms with Gasteiger partial charge in [-0.25, -0.2) is 4.39 Å². The van der Waals surface area contributed by atoms with Crippen LogP contribution in [0.2, 0.25) is 0 Å². The monoisotopic (exact) mass is 219 g/mol. The third-order valence-electron chi connectivity index (χ3n) is 2.58. The number of hydrogen-bond donors (Lipinski definition) is 2. The summed E-state index contributed by atoms with van der Waals surface area (Å²) in [5.41, 5.74) is 2.48. The van der Waals surface area contributed by atoms with Gasteiger partial charge in [-0.3, -0.25) is 5.10 Å². The lowest BCUT2D eigenvalue weighted by atomic mass is 10.1. The average molecular weight is 219 g/mol. The molecule has 0 amide bonds. The highest BCUT2D eigenvalue weighted by Gasteiger charge is 2.07. The van der Waals surface area contributed by atoms with Crippen LogP contribution in [0.4, 0.5) is 10.1 Å². The summed E-state index contributed by atoms with van der Waals surface area (Å²) in [6.45, 7) is 3.74. The maximum Gasteiger partial charge on any atom is 0.126 e. The van der Waals surface area contributed by atoms with E-state index in [4.69, 9.17) is 0 Å². The molecule has 1 heterocycles. The van der Waals surface area contributed by atoms with Crippen molar-refractivity contribution in [1.29, 1.82) is 0 Å². The second-order valence-electron chi connectivity index (χ2n) is 3.86. The van der Waals surface area contributed by atoms with Crippen LogP contribution in [0, 0.1) is 12.7 Å². The summed E-state index contributed by atoms with van der Waals surface area (Å²) in [4.78, 5) is 0. The first-order valence-electron chi connectivity index (χ1n) is 5.18. The Morgan fingerprint density at radius 2 is 2.25 bits per heavy atom. The smallest absolute Gasteiger partial charge is 0.126 e. The second kappa shape index (κ2) is 4.35. The lowest BCUT2D eigenvalue weighted by molar-refractivity contribution is 0.614. The highest BCUT2D eigenvalue weighted by atomic mass is 19.1. The Balaban J connectivity index is 2.14. The minimum absolute atomic E-state index is 0.0488. The number of aromatic nitrogens is 2. The Morgan fingerprint density at radius 1 is 1.44 bits per heavy atom. The van der Waals surface area contributed by atoms with E-state index in [1.54, 1.807) is 31.5 Å². The maximum atomic E-state index is 13.4. The molecule has 0 aliphatic rings. The zero-order valence-electron chi connectivity index (χ0n) is 9.29. The van der Waals surface area contributed by atoms with Gasteiger partial charge >= 0.3 is 0 Å². The van der Waals surface area contributed by atoms with Crippen LogP contribution in [-0.2, 0) is 0 Å². The van der Waals surface area contributed by atoms with E-state index in [0.717, 1.165) is 11.3 Å². The van der Waals surface area contributed by atoms with Crippen molar-refractivity contribution in [2.45, 2.75) is 19.9 Å². The van der Waals surface area contributed by atoms with Gasteiger partial charge in [0.1, 0.15) is 5.82 Å². The second-order valence-corrected chi connectivity index (χ2v) is 3.86. The molecule has 0 spiro atoms. The summed E-state index contributed by atoms with van der Waals surface area (Å²) in [5.74, 6) is -0.168. The predicted octanol–water partition coefficient (Wildman–Crippen LogP) is 3.03. The number of anilines is 1. The van der Waals surface area contributed by atoms with Crippen molar-refractivity contribution in [1.82, 2.24) is 10.2 Å². The van der Waals surface area contributed by atoms with Gasteiger partial charge in [-0.2, -0.15) is 5.10 Å². The fraction of sp³-hybridized carbons (Fsp3) is 0.250. The van der Waals surface area contributed by atoms with Crippen molar-refractivity contribution in [2.24, 2.45) is 0 Å². The van der Waals surface area contributed by atoms with E-state index in [9.17, 15) is 4.39 Å². The summed E-state index contributed by atoms with van der Waals surface area (Å²) in [6.07, 6.45) is 3.46. The molecule has 84 valence electrons. The molecule has 0 radical (unpaired) electrons.